The average molecular weight is 217 g/mol. The molecule has 0 bridgehead atoms. The van der Waals surface area contributed by atoms with Gasteiger partial charge in [0, 0.05) is 12.6 Å². The van der Waals surface area contributed by atoms with E-state index in [4.69, 9.17) is 5.73 Å². The summed E-state index contributed by atoms with van der Waals surface area (Å²) >= 11 is 0. The lowest BCUT2D eigenvalue weighted by atomic mass is 10.2. The molecule has 86 valence electrons. The summed E-state index contributed by atoms with van der Waals surface area (Å²) in [4.78, 5) is 6.97. The van der Waals surface area contributed by atoms with E-state index in [1.807, 2.05) is 0 Å². The highest BCUT2D eigenvalue weighted by Gasteiger charge is 2.34. The van der Waals surface area contributed by atoms with E-state index in [-0.39, 0.29) is 0 Å². The zero-order valence-corrected chi connectivity index (χ0v) is 9.82. The molecule has 16 heavy (non-hydrogen) atoms. The van der Waals surface area contributed by atoms with Crippen molar-refractivity contribution in [1.29, 1.82) is 0 Å². The van der Waals surface area contributed by atoms with E-state index in [9.17, 15) is 0 Å². The van der Waals surface area contributed by atoms with Gasteiger partial charge in [-0.1, -0.05) is 0 Å². The molecule has 1 aromatic heterocycles. The van der Waals surface area contributed by atoms with Crippen LogP contribution in [0, 0.1) is 12.8 Å². The van der Waals surface area contributed by atoms with E-state index in [1.165, 1.54) is 32.2 Å². The van der Waals surface area contributed by atoms with E-state index >= 15 is 0 Å². The van der Waals surface area contributed by atoms with Gasteiger partial charge in [0.25, 0.3) is 0 Å². The van der Waals surface area contributed by atoms with Crippen LogP contribution in [-0.2, 0) is 0 Å². The number of anilines is 2. The third kappa shape index (κ3) is 1.99. The normalized spacial score (nSPS) is 19.8. The number of nitrogens with two attached hydrogens (primary N) is 1. The van der Waals surface area contributed by atoms with Gasteiger partial charge in [-0.2, -0.15) is 0 Å². The Bertz CT molecular complexity index is 394. The van der Waals surface area contributed by atoms with E-state index in [2.05, 4.69) is 22.9 Å². The highest BCUT2D eigenvalue weighted by molar-refractivity contribution is 5.53. The van der Waals surface area contributed by atoms with Crippen molar-refractivity contribution >= 4 is 11.5 Å². The molecule has 2 saturated carbocycles. The second-order valence-electron chi connectivity index (χ2n) is 5.23. The summed E-state index contributed by atoms with van der Waals surface area (Å²) in [6.45, 7) is 3.25. The maximum absolute atomic E-state index is 5.81. The van der Waals surface area contributed by atoms with Crippen molar-refractivity contribution in [1.82, 2.24) is 4.98 Å². The monoisotopic (exact) mass is 217 g/mol. The SMILES string of the molecule is Cc1cc(N(CC2CC2)C2CC2)ncc1N. The average Bonchev–Trinajstić information content (AvgIpc) is 3.13. The topological polar surface area (TPSA) is 42.2 Å². The molecule has 0 aromatic carbocycles. The second kappa shape index (κ2) is 3.65. The van der Waals surface area contributed by atoms with E-state index < -0.39 is 0 Å². The Morgan fingerprint density at radius 1 is 1.38 bits per heavy atom. The summed E-state index contributed by atoms with van der Waals surface area (Å²) in [7, 11) is 0. The van der Waals surface area contributed by atoms with E-state index in [0.717, 1.165) is 29.0 Å². The van der Waals surface area contributed by atoms with Crippen LogP contribution in [0.1, 0.15) is 31.2 Å². The van der Waals surface area contributed by atoms with Gasteiger partial charge in [0.1, 0.15) is 5.82 Å². The minimum atomic E-state index is 0.746. The fourth-order valence-corrected chi connectivity index (χ4v) is 2.10. The first-order valence-corrected chi connectivity index (χ1v) is 6.23. The van der Waals surface area contributed by atoms with Crippen molar-refractivity contribution in [3.8, 4) is 0 Å². The van der Waals surface area contributed by atoms with Crippen molar-refractivity contribution in [3.63, 3.8) is 0 Å². The number of aryl methyl sites for hydroxylation is 1. The predicted octanol–water partition coefficient (Wildman–Crippen LogP) is 2.35. The van der Waals surface area contributed by atoms with Gasteiger partial charge in [-0.3, -0.25) is 0 Å². The van der Waals surface area contributed by atoms with Crippen LogP contribution in [0.4, 0.5) is 11.5 Å². The molecule has 0 spiro atoms. The zero-order valence-electron chi connectivity index (χ0n) is 9.82. The van der Waals surface area contributed by atoms with Gasteiger partial charge in [0.15, 0.2) is 0 Å². The van der Waals surface area contributed by atoms with Crippen molar-refractivity contribution < 1.29 is 0 Å². The molecule has 0 atom stereocenters. The number of nitrogens with zero attached hydrogens (tertiary/aromatic N) is 2. The number of aromatic nitrogens is 1. The van der Waals surface area contributed by atoms with Crippen LogP contribution in [0.5, 0.6) is 0 Å². The minimum absolute atomic E-state index is 0.746. The molecule has 0 saturated heterocycles. The van der Waals surface area contributed by atoms with Crippen molar-refractivity contribution in [2.75, 3.05) is 17.2 Å². The molecular formula is C13H19N3. The molecule has 2 aliphatic carbocycles. The smallest absolute Gasteiger partial charge is 0.129 e. The molecular weight excluding hydrogens is 198 g/mol. The van der Waals surface area contributed by atoms with Crippen LogP contribution < -0.4 is 10.6 Å². The maximum atomic E-state index is 5.81. The molecule has 2 N–H and O–H groups in total. The molecule has 3 heteroatoms. The number of pyridine rings is 1. The summed E-state index contributed by atoms with van der Waals surface area (Å²) in [5, 5.41) is 0. The summed E-state index contributed by atoms with van der Waals surface area (Å²) in [5.74, 6) is 2.04. The molecule has 0 amide bonds. The Hall–Kier alpha value is -1.25. The summed E-state index contributed by atoms with van der Waals surface area (Å²) < 4.78 is 0. The predicted molar refractivity (Wildman–Crippen MR) is 66.5 cm³/mol. The fourth-order valence-electron chi connectivity index (χ4n) is 2.10. The maximum Gasteiger partial charge on any atom is 0.129 e. The Morgan fingerprint density at radius 2 is 2.12 bits per heavy atom. The van der Waals surface area contributed by atoms with Gasteiger partial charge in [-0.15, -0.1) is 0 Å². The number of rotatable bonds is 4. The van der Waals surface area contributed by atoms with Gasteiger partial charge in [-0.05, 0) is 50.2 Å². The standard InChI is InChI=1S/C13H19N3/c1-9-6-13(15-7-12(9)14)16(11-4-5-11)8-10-2-3-10/h6-7,10-11H,2-5,8,14H2,1H3. The summed E-state index contributed by atoms with van der Waals surface area (Å²) in [6.07, 6.45) is 7.26. The van der Waals surface area contributed by atoms with Gasteiger partial charge >= 0.3 is 0 Å². The van der Waals surface area contributed by atoms with E-state index in [1.54, 1.807) is 6.20 Å². The molecule has 2 fully saturated rings. The van der Waals surface area contributed by atoms with Crippen LogP contribution in [0.15, 0.2) is 12.3 Å². The van der Waals surface area contributed by atoms with E-state index in [0.29, 0.717) is 0 Å². The molecule has 1 heterocycles. The highest BCUT2D eigenvalue weighted by atomic mass is 15.2. The third-order valence-corrected chi connectivity index (χ3v) is 3.57. The first-order chi connectivity index (χ1) is 7.74. The van der Waals surface area contributed by atoms with Crippen LogP contribution in [0.25, 0.3) is 0 Å². The van der Waals surface area contributed by atoms with Gasteiger partial charge in [0.05, 0.1) is 11.9 Å². The number of hydrogen-bond donors (Lipinski definition) is 1. The van der Waals surface area contributed by atoms with Crippen LogP contribution in [0.2, 0.25) is 0 Å². The summed E-state index contributed by atoms with van der Waals surface area (Å²) in [5.41, 5.74) is 7.76. The minimum Gasteiger partial charge on any atom is -0.397 e. The summed E-state index contributed by atoms with van der Waals surface area (Å²) in [6, 6.07) is 2.88. The fraction of sp³-hybridized carbons (Fsp3) is 0.615. The van der Waals surface area contributed by atoms with Crippen molar-refractivity contribution in [2.45, 2.75) is 38.6 Å². The van der Waals surface area contributed by atoms with Crippen LogP contribution in [-0.4, -0.2) is 17.6 Å². The quantitative estimate of drug-likeness (QED) is 0.841. The van der Waals surface area contributed by atoms with Crippen LogP contribution in [0.3, 0.4) is 0 Å². The lowest BCUT2D eigenvalue weighted by Crippen LogP contribution is -2.29. The molecule has 0 radical (unpaired) electrons. The van der Waals surface area contributed by atoms with Crippen LogP contribution >= 0.6 is 0 Å². The zero-order chi connectivity index (χ0) is 11.1. The third-order valence-electron chi connectivity index (χ3n) is 3.57. The molecule has 0 unspecified atom stereocenters. The van der Waals surface area contributed by atoms with Gasteiger partial charge in [-0.25, -0.2) is 4.98 Å². The Kier molecular flexibility index (Phi) is 2.27. The molecule has 1 aromatic rings. The number of hydrogen-bond acceptors (Lipinski definition) is 3. The lowest BCUT2D eigenvalue weighted by Gasteiger charge is -2.24. The molecule has 3 rings (SSSR count). The Balaban J connectivity index is 1.82. The van der Waals surface area contributed by atoms with Crippen molar-refractivity contribution in [3.05, 3.63) is 17.8 Å². The van der Waals surface area contributed by atoms with Crippen molar-refractivity contribution in [2.24, 2.45) is 5.92 Å². The number of nitrogen functional groups attached to an aromatic ring is 1. The Morgan fingerprint density at radius 3 is 2.69 bits per heavy atom. The van der Waals surface area contributed by atoms with Gasteiger partial charge < -0.3 is 10.6 Å². The first-order valence-electron chi connectivity index (χ1n) is 6.23. The largest absolute Gasteiger partial charge is 0.397 e. The second-order valence-corrected chi connectivity index (χ2v) is 5.23. The Labute approximate surface area is 96.7 Å². The highest BCUT2D eigenvalue weighted by Crippen LogP contribution is 2.37. The molecule has 0 aliphatic heterocycles. The molecule has 3 nitrogen and oxygen atoms in total. The lowest BCUT2D eigenvalue weighted by molar-refractivity contribution is 0.709. The first kappa shape index (κ1) is 9.94. The van der Waals surface area contributed by atoms with Gasteiger partial charge in [0.2, 0.25) is 0 Å². The molecule has 2 aliphatic rings.